The Hall–Kier alpha value is -1.26. The van der Waals surface area contributed by atoms with Crippen molar-refractivity contribution in [1.82, 2.24) is 9.80 Å². The van der Waals surface area contributed by atoms with Crippen molar-refractivity contribution in [2.75, 3.05) is 58.7 Å². The van der Waals surface area contributed by atoms with E-state index in [2.05, 4.69) is 41.2 Å². The largest absolute Gasteiger partial charge is 0.492 e. The van der Waals surface area contributed by atoms with Gasteiger partial charge < -0.3 is 15.0 Å². The summed E-state index contributed by atoms with van der Waals surface area (Å²) in [4.78, 5) is 4.84. The zero-order valence-electron chi connectivity index (χ0n) is 12.3. The van der Waals surface area contributed by atoms with E-state index in [1.54, 1.807) is 0 Å². The molecule has 4 heteroatoms. The summed E-state index contributed by atoms with van der Waals surface area (Å²) in [5, 5.41) is 3.17. The van der Waals surface area contributed by atoms with E-state index >= 15 is 0 Å². The van der Waals surface area contributed by atoms with Gasteiger partial charge in [-0.15, -0.1) is 0 Å². The molecule has 0 bridgehead atoms. The Morgan fingerprint density at radius 3 is 2.58 bits per heavy atom. The van der Waals surface area contributed by atoms with E-state index < -0.39 is 0 Å². The molecule has 0 radical (unpaired) electrons. The summed E-state index contributed by atoms with van der Waals surface area (Å²) in [6, 6.07) is 6.19. The number of aryl methyl sites for hydroxylation is 1. The van der Waals surface area contributed by atoms with Gasteiger partial charge in [-0.3, -0.25) is 4.90 Å². The van der Waals surface area contributed by atoms with Crippen LogP contribution in [-0.2, 0) is 0 Å². The number of likely N-dealkylation sites (N-methyl/N-ethyl adjacent to an activating group) is 1. The molecule has 1 aromatic carbocycles. The Labute approximate surface area is 116 Å². The minimum Gasteiger partial charge on any atom is -0.492 e. The molecule has 0 spiro atoms. The quantitative estimate of drug-likeness (QED) is 0.874. The predicted octanol–water partition coefficient (Wildman–Crippen LogP) is 1.66. The number of nitrogens with zero attached hydrogens (tertiary/aromatic N) is 2. The molecular weight excluding hydrogens is 238 g/mol. The number of rotatable bonds is 5. The first-order valence-electron chi connectivity index (χ1n) is 7.01. The first-order valence-corrected chi connectivity index (χ1v) is 7.01. The average Bonchev–Trinajstić information content (AvgIpc) is 2.41. The van der Waals surface area contributed by atoms with Gasteiger partial charge in [-0.05, 0) is 37.7 Å². The zero-order valence-corrected chi connectivity index (χ0v) is 12.3. The number of ether oxygens (including phenoxy) is 1. The van der Waals surface area contributed by atoms with Crippen LogP contribution in [-0.4, -0.2) is 63.2 Å². The summed E-state index contributed by atoms with van der Waals surface area (Å²) in [7, 11) is 4.12. The lowest BCUT2D eigenvalue weighted by Gasteiger charge is -2.32. The first-order chi connectivity index (χ1) is 9.19. The molecule has 1 saturated heterocycles. The van der Waals surface area contributed by atoms with Crippen LogP contribution in [0.4, 0.5) is 5.69 Å². The topological polar surface area (TPSA) is 27.7 Å². The van der Waals surface area contributed by atoms with E-state index in [4.69, 9.17) is 4.74 Å². The molecule has 0 unspecified atom stereocenters. The Balaban J connectivity index is 1.75. The van der Waals surface area contributed by atoms with Gasteiger partial charge in [-0.1, -0.05) is 0 Å². The fraction of sp³-hybridized carbons (Fsp3) is 0.600. The van der Waals surface area contributed by atoms with Crippen molar-refractivity contribution in [2.45, 2.75) is 6.92 Å². The third kappa shape index (κ3) is 4.11. The van der Waals surface area contributed by atoms with Crippen LogP contribution in [0.5, 0.6) is 5.75 Å². The number of hydrogen-bond donors (Lipinski definition) is 1. The SMILES string of the molecule is CNc1ccc(OCCN2CCN(C)CC2)cc1C. The minimum absolute atomic E-state index is 0.766. The smallest absolute Gasteiger partial charge is 0.119 e. The Morgan fingerprint density at radius 1 is 1.21 bits per heavy atom. The number of hydrogen-bond acceptors (Lipinski definition) is 4. The van der Waals surface area contributed by atoms with Crippen molar-refractivity contribution < 1.29 is 4.74 Å². The number of anilines is 1. The average molecular weight is 263 g/mol. The molecule has 1 heterocycles. The highest BCUT2D eigenvalue weighted by atomic mass is 16.5. The van der Waals surface area contributed by atoms with Crippen molar-refractivity contribution >= 4 is 5.69 Å². The van der Waals surface area contributed by atoms with Gasteiger partial charge >= 0.3 is 0 Å². The summed E-state index contributed by atoms with van der Waals surface area (Å²) in [6.07, 6.45) is 0. The van der Waals surface area contributed by atoms with E-state index in [1.807, 2.05) is 13.1 Å². The van der Waals surface area contributed by atoms with Crippen molar-refractivity contribution in [1.29, 1.82) is 0 Å². The molecule has 0 saturated carbocycles. The number of nitrogens with one attached hydrogen (secondary N) is 1. The van der Waals surface area contributed by atoms with Crippen LogP contribution < -0.4 is 10.1 Å². The molecule has 2 rings (SSSR count). The molecule has 1 fully saturated rings. The van der Waals surface area contributed by atoms with E-state index in [0.29, 0.717) is 0 Å². The van der Waals surface area contributed by atoms with Crippen LogP contribution in [0, 0.1) is 6.92 Å². The van der Waals surface area contributed by atoms with Gasteiger partial charge in [0.15, 0.2) is 0 Å². The van der Waals surface area contributed by atoms with Crippen LogP contribution >= 0.6 is 0 Å². The van der Waals surface area contributed by atoms with Gasteiger partial charge in [-0.25, -0.2) is 0 Å². The fourth-order valence-electron chi connectivity index (χ4n) is 2.37. The van der Waals surface area contributed by atoms with Gasteiger partial charge in [0.25, 0.3) is 0 Å². The maximum Gasteiger partial charge on any atom is 0.119 e. The summed E-state index contributed by atoms with van der Waals surface area (Å²) in [6.45, 7) is 8.50. The summed E-state index contributed by atoms with van der Waals surface area (Å²) >= 11 is 0. The van der Waals surface area contributed by atoms with E-state index in [-0.39, 0.29) is 0 Å². The molecular formula is C15H25N3O. The fourth-order valence-corrected chi connectivity index (χ4v) is 2.37. The van der Waals surface area contributed by atoms with Crippen LogP contribution in [0.2, 0.25) is 0 Å². The zero-order chi connectivity index (χ0) is 13.7. The highest BCUT2D eigenvalue weighted by Crippen LogP contribution is 2.20. The highest BCUT2D eigenvalue weighted by molar-refractivity contribution is 5.53. The minimum atomic E-state index is 0.766. The highest BCUT2D eigenvalue weighted by Gasteiger charge is 2.13. The van der Waals surface area contributed by atoms with Crippen LogP contribution in [0.15, 0.2) is 18.2 Å². The summed E-state index contributed by atoms with van der Waals surface area (Å²) in [5.74, 6) is 0.964. The van der Waals surface area contributed by atoms with Gasteiger partial charge in [0.1, 0.15) is 12.4 Å². The van der Waals surface area contributed by atoms with Crippen LogP contribution in [0.25, 0.3) is 0 Å². The van der Waals surface area contributed by atoms with Gasteiger partial charge in [0, 0.05) is 45.5 Å². The normalized spacial score (nSPS) is 17.4. The Morgan fingerprint density at radius 2 is 1.95 bits per heavy atom. The standard InChI is InChI=1S/C15H25N3O/c1-13-12-14(4-5-15(13)16-2)19-11-10-18-8-6-17(3)7-9-18/h4-5,12,16H,6-11H2,1-3H3. The lowest BCUT2D eigenvalue weighted by atomic mass is 10.2. The maximum atomic E-state index is 5.83. The summed E-state index contributed by atoms with van der Waals surface area (Å²) in [5.41, 5.74) is 2.38. The Bertz CT molecular complexity index is 400. The molecule has 1 aromatic rings. The molecule has 1 aliphatic heterocycles. The predicted molar refractivity (Wildman–Crippen MR) is 80.2 cm³/mol. The molecule has 0 amide bonds. The molecule has 0 atom stereocenters. The van der Waals surface area contributed by atoms with Gasteiger partial charge in [0.2, 0.25) is 0 Å². The number of piperazine rings is 1. The van der Waals surface area contributed by atoms with Crippen LogP contribution in [0.1, 0.15) is 5.56 Å². The van der Waals surface area contributed by atoms with Gasteiger partial charge in [-0.2, -0.15) is 0 Å². The molecule has 0 aliphatic carbocycles. The third-order valence-corrected chi connectivity index (χ3v) is 3.74. The van der Waals surface area contributed by atoms with Crippen LogP contribution in [0.3, 0.4) is 0 Å². The number of benzene rings is 1. The third-order valence-electron chi connectivity index (χ3n) is 3.74. The first kappa shape index (κ1) is 14.2. The van der Waals surface area contributed by atoms with E-state index in [9.17, 15) is 0 Å². The van der Waals surface area contributed by atoms with E-state index in [1.165, 1.54) is 5.56 Å². The molecule has 106 valence electrons. The Kier molecular flexibility index (Phi) is 5.05. The monoisotopic (exact) mass is 263 g/mol. The molecule has 4 nitrogen and oxygen atoms in total. The maximum absolute atomic E-state index is 5.83. The van der Waals surface area contributed by atoms with Crippen molar-refractivity contribution in [3.63, 3.8) is 0 Å². The molecule has 1 N–H and O–H groups in total. The van der Waals surface area contributed by atoms with Crippen molar-refractivity contribution in [2.24, 2.45) is 0 Å². The summed E-state index contributed by atoms with van der Waals surface area (Å²) < 4.78 is 5.83. The van der Waals surface area contributed by atoms with E-state index in [0.717, 1.165) is 50.8 Å². The second-order valence-electron chi connectivity index (χ2n) is 5.22. The van der Waals surface area contributed by atoms with Crippen molar-refractivity contribution in [3.8, 4) is 5.75 Å². The second-order valence-corrected chi connectivity index (χ2v) is 5.22. The lowest BCUT2D eigenvalue weighted by molar-refractivity contribution is 0.133. The molecule has 19 heavy (non-hydrogen) atoms. The second kappa shape index (κ2) is 6.78. The van der Waals surface area contributed by atoms with Gasteiger partial charge in [0.05, 0.1) is 0 Å². The molecule has 0 aromatic heterocycles. The molecule has 1 aliphatic rings. The lowest BCUT2D eigenvalue weighted by Crippen LogP contribution is -2.45. The van der Waals surface area contributed by atoms with Crippen molar-refractivity contribution in [3.05, 3.63) is 23.8 Å².